The first-order chi connectivity index (χ1) is 8.35. The second-order valence-corrected chi connectivity index (χ2v) is 5.29. The van der Waals surface area contributed by atoms with Crippen LogP contribution in [0.25, 0.3) is 0 Å². The zero-order valence-electron chi connectivity index (χ0n) is 10.7. The minimum absolute atomic E-state index is 0.0451. The summed E-state index contributed by atoms with van der Waals surface area (Å²) in [6.07, 6.45) is 4.71. The van der Waals surface area contributed by atoms with Crippen molar-refractivity contribution in [3.63, 3.8) is 0 Å². The first kappa shape index (κ1) is 12.5. The summed E-state index contributed by atoms with van der Waals surface area (Å²) in [4.78, 5) is 23.2. The predicted octanol–water partition coefficient (Wildman–Crippen LogP) is 1.46. The van der Waals surface area contributed by atoms with Gasteiger partial charge in [0.15, 0.2) is 6.26 Å². The van der Waals surface area contributed by atoms with E-state index in [1.165, 1.54) is 18.7 Å². The number of furan rings is 1. The number of Topliss-reactive ketones (excluding diaryl/α,β-unsaturated/α-hetero) is 1. The third kappa shape index (κ3) is 2.85. The first-order valence-electron chi connectivity index (χ1n) is 5.76. The van der Waals surface area contributed by atoms with E-state index in [1.54, 1.807) is 25.3 Å². The minimum atomic E-state index is -0.549. The molecule has 2 rings (SSSR count). The SMILES string of the molecule is CC(C)(C)OC(=O)C=[N+]1CC(=O)Cc2cocc21. The maximum absolute atomic E-state index is 11.7. The summed E-state index contributed by atoms with van der Waals surface area (Å²) in [6, 6.07) is 0. The van der Waals surface area contributed by atoms with Gasteiger partial charge in [0.05, 0.1) is 5.56 Å². The minimum Gasteiger partial charge on any atom is -0.465 e. The van der Waals surface area contributed by atoms with Gasteiger partial charge in [0, 0.05) is 6.42 Å². The normalized spacial score (nSPS) is 17.7. The second-order valence-electron chi connectivity index (χ2n) is 5.29. The summed E-state index contributed by atoms with van der Waals surface area (Å²) < 4.78 is 11.8. The number of carbonyl (C=O) groups excluding carboxylic acids is 2. The lowest BCUT2D eigenvalue weighted by atomic mass is 10.1. The molecule has 0 saturated carbocycles. The number of rotatable bonds is 1. The molecule has 96 valence electrons. The number of carbonyl (C=O) groups is 2. The van der Waals surface area contributed by atoms with Gasteiger partial charge in [-0.15, -0.1) is 0 Å². The van der Waals surface area contributed by atoms with Crippen molar-refractivity contribution in [2.24, 2.45) is 0 Å². The lowest BCUT2D eigenvalue weighted by Crippen LogP contribution is -2.30. The Hall–Kier alpha value is -1.91. The van der Waals surface area contributed by atoms with Crippen LogP contribution in [0.1, 0.15) is 26.3 Å². The van der Waals surface area contributed by atoms with Crippen LogP contribution < -0.4 is 0 Å². The van der Waals surface area contributed by atoms with Crippen molar-refractivity contribution in [1.82, 2.24) is 0 Å². The average Bonchev–Trinajstić information content (AvgIpc) is 2.61. The highest BCUT2D eigenvalue weighted by Gasteiger charge is 2.30. The molecule has 1 aromatic rings. The van der Waals surface area contributed by atoms with Crippen LogP contribution in [0.3, 0.4) is 0 Å². The van der Waals surface area contributed by atoms with E-state index in [0.29, 0.717) is 6.42 Å². The Balaban J connectivity index is 2.24. The van der Waals surface area contributed by atoms with E-state index >= 15 is 0 Å². The molecule has 5 heteroatoms. The summed E-state index contributed by atoms with van der Waals surface area (Å²) in [5.41, 5.74) is 0.999. The van der Waals surface area contributed by atoms with Gasteiger partial charge in [-0.3, -0.25) is 4.79 Å². The fourth-order valence-corrected chi connectivity index (χ4v) is 1.82. The average molecular weight is 250 g/mol. The van der Waals surface area contributed by atoms with E-state index < -0.39 is 11.6 Å². The Morgan fingerprint density at radius 3 is 2.83 bits per heavy atom. The highest BCUT2D eigenvalue weighted by atomic mass is 16.6. The Morgan fingerprint density at radius 1 is 1.44 bits per heavy atom. The van der Waals surface area contributed by atoms with Crippen LogP contribution in [0.15, 0.2) is 16.9 Å². The molecule has 0 fully saturated rings. The van der Waals surface area contributed by atoms with Gasteiger partial charge in [0.1, 0.15) is 11.9 Å². The molecule has 1 aliphatic rings. The zero-order valence-corrected chi connectivity index (χ0v) is 10.7. The molecule has 0 atom stereocenters. The number of ether oxygens (including phenoxy) is 1. The van der Waals surface area contributed by atoms with Crippen molar-refractivity contribution in [3.05, 3.63) is 18.1 Å². The number of hydrogen-bond donors (Lipinski definition) is 0. The van der Waals surface area contributed by atoms with E-state index in [-0.39, 0.29) is 12.3 Å². The fraction of sp³-hybridized carbons (Fsp3) is 0.462. The Kier molecular flexibility index (Phi) is 3.07. The van der Waals surface area contributed by atoms with Crippen LogP contribution in [0.5, 0.6) is 0 Å². The molecule has 18 heavy (non-hydrogen) atoms. The van der Waals surface area contributed by atoms with Gasteiger partial charge in [-0.05, 0) is 20.8 Å². The number of fused-ring (bicyclic) bond motifs is 1. The molecule has 2 heterocycles. The molecule has 0 spiro atoms. The highest BCUT2D eigenvalue weighted by Crippen LogP contribution is 2.24. The van der Waals surface area contributed by atoms with Gasteiger partial charge < -0.3 is 9.15 Å². The third-order valence-corrected chi connectivity index (χ3v) is 2.43. The number of esters is 1. The molecular weight excluding hydrogens is 234 g/mol. The molecule has 1 aromatic heterocycles. The molecule has 0 aliphatic carbocycles. The van der Waals surface area contributed by atoms with Gasteiger partial charge >= 0.3 is 5.97 Å². The number of hydrogen-bond acceptors (Lipinski definition) is 4. The third-order valence-electron chi connectivity index (χ3n) is 2.43. The monoisotopic (exact) mass is 250 g/mol. The topological polar surface area (TPSA) is 59.5 Å². The summed E-state index contributed by atoms with van der Waals surface area (Å²) in [5.74, 6) is -0.423. The summed E-state index contributed by atoms with van der Waals surface area (Å²) >= 11 is 0. The van der Waals surface area contributed by atoms with E-state index in [9.17, 15) is 9.59 Å². The van der Waals surface area contributed by atoms with Crippen LogP contribution in [-0.4, -0.2) is 34.7 Å². The molecular formula is C13H16NO4+. The van der Waals surface area contributed by atoms with E-state index in [4.69, 9.17) is 9.15 Å². The lowest BCUT2D eigenvalue weighted by molar-refractivity contribution is -0.426. The summed E-state index contributed by atoms with van der Waals surface area (Å²) in [6.45, 7) is 5.56. The molecule has 0 saturated heterocycles. The Bertz CT molecular complexity index is 519. The van der Waals surface area contributed by atoms with E-state index in [1.807, 2.05) is 0 Å². The van der Waals surface area contributed by atoms with Crippen LogP contribution in [0.2, 0.25) is 0 Å². The zero-order chi connectivity index (χ0) is 13.3. The standard InChI is InChI=1S/C13H16NO4/c1-13(2,3)18-12(16)6-14-5-10(15)4-9-7-17-8-11(9)14/h6-8H,4-5H2,1-3H3/q+1. The van der Waals surface area contributed by atoms with Gasteiger partial charge in [-0.25, -0.2) is 4.79 Å². The van der Waals surface area contributed by atoms with E-state index in [2.05, 4.69) is 0 Å². The number of ketones is 1. The van der Waals surface area contributed by atoms with E-state index in [0.717, 1.165) is 11.3 Å². The molecule has 0 unspecified atom stereocenters. The Labute approximate surface area is 105 Å². The quantitative estimate of drug-likeness (QED) is 0.559. The second kappa shape index (κ2) is 4.40. The largest absolute Gasteiger partial charge is 0.465 e. The van der Waals surface area contributed by atoms with Crippen molar-refractivity contribution in [2.45, 2.75) is 32.8 Å². The van der Waals surface area contributed by atoms with Crippen molar-refractivity contribution in [3.8, 4) is 0 Å². The first-order valence-corrected chi connectivity index (χ1v) is 5.76. The maximum Gasteiger partial charge on any atom is 0.396 e. The van der Waals surface area contributed by atoms with Crippen LogP contribution in [-0.2, 0) is 20.7 Å². The van der Waals surface area contributed by atoms with Crippen molar-refractivity contribution < 1.29 is 23.3 Å². The summed E-state index contributed by atoms with van der Waals surface area (Å²) in [7, 11) is 0. The van der Waals surface area contributed by atoms with Gasteiger partial charge in [-0.2, -0.15) is 4.58 Å². The summed E-state index contributed by atoms with van der Waals surface area (Å²) in [5, 5.41) is 0. The smallest absolute Gasteiger partial charge is 0.396 e. The molecule has 0 aromatic carbocycles. The van der Waals surface area contributed by atoms with Crippen molar-refractivity contribution in [1.29, 1.82) is 0 Å². The van der Waals surface area contributed by atoms with Gasteiger partial charge in [0.2, 0.25) is 18.0 Å². The van der Waals surface area contributed by atoms with Gasteiger partial charge in [0.25, 0.3) is 6.21 Å². The van der Waals surface area contributed by atoms with Crippen LogP contribution in [0.4, 0.5) is 5.69 Å². The Morgan fingerprint density at radius 2 is 2.17 bits per heavy atom. The molecule has 0 radical (unpaired) electrons. The molecule has 0 bridgehead atoms. The van der Waals surface area contributed by atoms with Crippen LogP contribution in [0, 0.1) is 0 Å². The lowest BCUT2D eigenvalue weighted by Gasteiger charge is -2.17. The van der Waals surface area contributed by atoms with Crippen molar-refractivity contribution >= 4 is 23.7 Å². The molecule has 0 amide bonds. The van der Waals surface area contributed by atoms with Crippen molar-refractivity contribution in [2.75, 3.05) is 6.54 Å². The fourth-order valence-electron chi connectivity index (χ4n) is 1.82. The highest BCUT2D eigenvalue weighted by molar-refractivity contribution is 6.21. The molecule has 0 N–H and O–H groups in total. The van der Waals surface area contributed by atoms with Gasteiger partial charge in [-0.1, -0.05) is 0 Å². The number of nitrogens with zero attached hydrogens (tertiary/aromatic N) is 1. The molecule has 5 nitrogen and oxygen atoms in total. The predicted molar refractivity (Wildman–Crippen MR) is 64.1 cm³/mol. The molecule has 1 aliphatic heterocycles. The van der Waals surface area contributed by atoms with Crippen LogP contribution >= 0.6 is 0 Å². The maximum atomic E-state index is 11.7.